The van der Waals surface area contributed by atoms with Crippen LogP contribution in [0.15, 0.2) is 41.9 Å². The predicted molar refractivity (Wildman–Crippen MR) is 97.7 cm³/mol. The number of carbonyl (C=O) groups is 2. The topological polar surface area (TPSA) is 82.9 Å². The molecule has 0 fully saturated rings. The highest BCUT2D eigenvalue weighted by atomic mass is 35.5. The van der Waals surface area contributed by atoms with E-state index >= 15 is 0 Å². The van der Waals surface area contributed by atoms with E-state index in [4.69, 9.17) is 25.8 Å². The van der Waals surface area contributed by atoms with E-state index in [9.17, 15) is 9.59 Å². The lowest BCUT2D eigenvalue weighted by Crippen LogP contribution is -2.39. The number of halogens is 1. The van der Waals surface area contributed by atoms with Crippen LogP contribution in [0.4, 0.5) is 5.69 Å². The van der Waals surface area contributed by atoms with Gasteiger partial charge in [0.1, 0.15) is 12.4 Å². The molecule has 0 aliphatic carbocycles. The third-order valence-electron chi connectivity index (χ3n) is 4.02. The normalized spacial score (nSPS) is 14.3. The van der Waals surface area contributed by atoms with Gasteiger partial charge in [0.05, 0.1) is 44.0 Å². The molecule has 0 unspecified atom stereocenters. The second kappa shape index (κ2) is 7.81. The molecule has 2 heterocycles. The molecule has 0 N–H and O–H groups in total. The SMILES string of the molecule is COC(=O)C1=C(C(=O)OC)N(c2cc(Cl)ccc2-n2cc(C)cn2)COC1. The minimum atomic E-state index is -0.679. The van der Waals surface area contributed by atoms with Gasteiger partial charge in [0.25, 0.3) is 0 Å². The number of hydrogen-bond acceptors (Lipinski definition) is 7. The summed E-state index contributed by atoms with van der Waals surface area (Å²) in [4.78, 5) is 26.2. The van der Waals surface area contributed by atoms with Gasteiger partial charge in [0, 0.05) is 11.2 Å². The minimum absolute atomic E-state index is 0.0263. The second-order valence-electron chi connectivity index (χ2n) is 5.81. The van der Waals surface area contributed by atoms with Gasteiger partial charge in [0.2, 0.25) is 0 Å². The molecule has 9 heteroatoms. The van der Waals surface area contributed by atoms with Crippen LogP contribution in [0.3, 0.4) is 0 Å². The largest absolute Gasteiger partial charge is 0.466 e. The van der Waals surface area contributed by atoms with Crippen molar-refractivity contribution in [3.8, 4) is 5.69 Å². The number of anilines is 1. The first-order chi connectivity index (χ1) is 13.0. The molecular formula is C18H18ClN3O5. The third-order valence-corrected chi connectivity index (χ3v) is 4.25. The summed E-state index contributed by atoms with van der Waals surface area (Å²) in [5, 5.41) is 4.76. The zero-order chi connectivity index (χ0) is 19.6. The van der Waals surface area contributed by atoms with Gasteiger partial charge in [0.15, 0.2) is 0 Å². The summed E-state index contributed by atoms with van der Waals surface area (Å²) in [6.07, 6.45) is 3.54. The molecular weight excluding hydrogens is 374 g/mol. The molecule has 142 valence electrons. The number of aromatic nitrogens is 2. The summed E-state index contributed by atoms with van der Waals surface area (Å²) in [5.74, 6) is -1.35. The van der Waals surface area contributed by atoms with Crippen molar-refractivity contribution in [2.24, 2.45) is 0 Å². The van der Waals surface area contributed by atoms with Crippen molar-refractivity contribution >= 4 is 29.2 Å². The average molecular weight is 392 g/mol. The monoisotopic (exact) mass is 391 g/mol. The molecule has 3 rings (SSSR count). The molecule has 0 saturated carbocycles. The Morgan fingerprint density at radius 3 is 2.56 bits per heavy atom. The van der Waals surface area contributed by atoms with Crippen LogP contribution in [-0.2, 0) is 23.8 Å². The van der Waals surface area contributed by atoms with Crippen molar-refractivity contribution in [1.29, 1.82) is 0 Å². The van der Waals surface area contributed by atoms with E-state index in [0.717, 1.165) is 5.56 Å². The van der Waals surface area contributed by atoms with Crippen molar-refractivity contribution in [2.45, 2.75) is 6.92 Å². The van der Waals surface area contributed by atoms with Crippen LogP contribution in [0, 0.1) is 6.92 Å². The molecule has 0 radical (unpaired) electrons. The molecule has 1 aliphatic rings. The first-order valence-electron chi connectivity index (χ1n) is 8.02. The fourth-order valence-corrected chi connectivity index (χ4v) is 2.95. The molecule has 27 heavy (non-hydrogen) atoms. The lowest BCUT2D eigenvalue weighted by atomic mass is 10.1. The van der Waals surface area contributed by atoms with E-state index in [1.54, 1.807) is 29.1 Å². The lowest BCUT2D eigenvalue weighted by Gasteiger charge is -2.32. The van der Waals surface area contributed by atoms with Crippen molar-refractivity contribution in [1.82, 2.24) is 9.78 Å². The Labute approximate surface area is 160 Å². The number of aryl methyl sites for hydroxylation is 1. The van der Waals surface area contributed by atoms with Gasteiger partial charge < -0.3 is 19.1 Å². The zero-order valence-corrected chi connectivity index (χ0v) is 15.8. The van der Waals surface area contributed by atoms with Gasteiger partial charge in [-0.15, -0.1) is 0 Å². The van der Waals surface area contributed by atoms with Crippen LogP contribution in [0.5, 0.6) is 0 Å². The minimum Gasteiger partial charge on any atom is -0.466 e. The van der Waals surface area contributed by atoms with Gasteiger partial charge in [-0.25, -0.2) is 14.3 Å². The summed E-state index contributed by atoms with van der Waals surface area (Å²) < 4.78 is 16.8. The van der Waals surface area contributed by atoms with Crippen molar-refractivity contribution in [2.75, 3.05) is 32.5 Å². The van der Waals surface area contributed by atoms with Crippen molar-refractivity contribution in [3.05, 3.63) is 52.4 Å². The summed E-state index contributed by atoms with van der Waals surface area (Å²) in [5.41, 5.74) is 2.27. The lowest BCUT2D eigenvalue weighted by molar-refractivity contribution is -0.140. The fourth-order valence-electron chi connectivity index (χ4n) is 2.78. The molecule has 1 aliphatic heterocycles. The van der Waals surface area contributed by atoms with Gasteiger partial charge >= 0.3 is 11.9 Å². The first kappa shape index (κ1) is 18.9. The number of carbonyl (C=O) groups excluding carboxylic acids is 2. The van der Waals surface area contributed by atoms with Crippen LogP contribution in [-0.4, -0.2) is 49.3 Å². The maximum atomic E-state index is 12.5. The van der Waals surface area contributed by atoms with Gasteiger partial charge in [-0.05, 0) is 30.7 Å². The van der Waals surface area contributed by atoms with E-state index in [0.29, 0.717) is 16.4 Å². The highest BCUT2D eigenvalue weighted by Crippen LogP contribution is 2.33. The number of benzene rings is 1. The van der Waals surface area contributed by atoms with Crippen molar-refractivity contribution in [3.63, 3.8) is 0 Å². The maximum Gasteiger partial charge on any atom is 0.355 e. The van der Waals surface area contributed by atoms with Crippen LogP contribution < -0.4 is 4.90 Å². The van der Waals surface area contributed by atoms with Gasteiger partial charge in [-0.2, -0.15) is 5.10 Å². The molecule has 0 amide bonds. The highest BCUT2D eigenvalue weighted by molar-refractivity contribution is 6.31. The number of esters is 2. The Morgan fingerprint density at radius 2 is 1.93 bits per heavy atom. The molecule has 0 spiro atoms. The summed E-state index contributed by atoms with van der Waals surface area (Å²) in [7, 11) is 2.48. The third kappa shape index (κ3) is 3.67. The smallest absolute Gasteiger partial charge is 0.355 e. The Balaban J connectivity index is 2.20. The predicted octanol–water partition coefficient (Wildman–Crippen LogP) is 2.23. The van der Waals surface area contributed by atoms with Crippen LogP contribution in [0.1, 0.15) is 5.56 Å². The first-order valence-corrected chi connectivity index (χ1v) is 8.40. The van der Waals surface area contributed by atoms with E-state index < -0.39 is 11.9 Å². The number of methoxy groups -OCH3 is 2. The van der Waals surface area contributed by atoms with Gasteiger partial charge in [-0.3, -0.25) is 0 Å². The van der Waals surface area contributed by atoms with E-state index in [2.05, 4.69) is 5.10 Å². The number of rotatable bonds is 4. The quantitative estimate of drug-likeness (QED) is 0.739. The van der Waals surface area contributed by atoms with Crippen LogP contribution >= 0.6 is 11.6 Å². The molecule has 1 aromatic heterocycles. The zero-order valence-electron chi connectivity index (χ0n) is 15.1. The fraction of sp³-hybridized carbons (Fsp3) is 0.278. The summed E-state index contributed by atoms with van der Waals surface area (Å²) in [6.45, 7) is 1.88. The second-order valence-corrected chi connectivity index (χ2v) is 6.25. The number of ether oxygens (including phenoxy) is 3. The highest BCUT2D eigenvalue weighted by Gasteiger charge is 2.33. The maximum absolute atomic E-state index is 12.5. The van der Waals surface area contributed by atoms with Crippen LogP contribution in [0.25, 0.3) is 5.69 Å². The molecule has 0 atom stereocenters. The van der Waals surface area contributed by atoms with Crippen molar-refractivity contribution < 1.29 is 23.8 Å². The molecule has 8 nitrogen and oxygen atoms in total. The van der Waals surface area contributed by atoms with E-state index in [-0.39, 0.29) is 24.6 Å². The standard InChI is InChI=1S/C18H18ClN3O5/c1-11-7-20-22(8-11)14-5-4-12(19)6-15(14)21-10-27-9-13(17(23)25-2)16(21)18(24)26-3/h4-8H,9-10H2,1-3H3. The number of hydrogen-bond donors (Lipinski definition) is 0. The number of nitrogens with zero attached hydrogens (tertiary/aromatic N) is 3. The summed E-state index contributed by atoms with van der Waals surface area (Å²) in [6, 6.07) is 5.15. The van der Waals surface area contributed by atoms with E-state index in [1.165, 1.54) is 19.1 Å². The molecule has 0 saturated heterocycles. The van der Waals surface area contributed by atoms with Gasteiger partial charge in [-0.1, -0.05) is 11.6 Å². The van der Waals surface area contributed by atoms with E-state index in [1.807, 2.05) is 13.1 Å². The summed E-state index contributed by atoms with van der Waals surface area (Å²) >= 11 is 6.20. The Bertz CT molecular complexity index is 921. The Hall–Kier alpha value is -2.84. The molecule has 1 aromatic carbocycles. The average Bonchev–Trinajstić information content (AvgIpc) is 3.12. The Morgan fingerprint density at radius 1 is 1.19 bits per heavy atom. The molecule has 0 bridgehead atoms. The Kier molecular flexibility index (Phi) is 5.48. The molecule has 2 aromatic rings. The van der Waals surface area contributed by atoms with Crippen LogP contribution in [0.2, 0.25) is 5.02 Å².